The molecule has 3 heterocycles. The van der Waals surface area contributed by atoms with E-state index in [1.807, 2.05) is 53.2 Å². The molecule has 3 aromatic rings. The van der Waals surface area contributed by atoms with Crippen molar-refractivity contribution in [2.75, 3.05) is 18.0 Å². The van der Waals surface area contributed by atoms with Crippen molar-refractivity contribution < 1.29 is 4.79 Å². The number of hydrogen-bond donors (Lipinski definition) is 1. The summed E-state index contributed by atoms with van der Waals surface area (Å²) in [6, 6.07) is 14.4. The number of nitrogens with zero attached hydrogens (tertiary/aromatic N) is 5. The Hall–Kier alpha value is -3.22. The summed E-state index contributed by atoms with van der Waals surface area (Å²) >= 11 is 0. The zero-order valence-corrected chi connectivity index (χ0v) is 17.7. The molecule has 1 saturated heterocycles. The van der Waals surface area contributed by atoms with E-state index in [4.69, 9.17) is 0 Å². The van der Waals surface area contributed by atoms with Gasteiger partial charge < -0.3 is 10.2 Å². The highest BCUT2D eigenvalue weighted by Crippen LogP contribution is 2.25. The zero-order valence-electron chi connectivity index (χ0n) is 17.7. The molecule has 1 amide bonds. The second-order valence-electron chi connectivity index (χ2n) is 8.51. The van der Waals surface area contributed by atoms with E-state index >= 15 is 0 Å². The number of hydrogen-bond acceptors (Lipinski definition) is 5. The Bertz CT molecular complexity index is 1010. The van der Waals surface area contributed by atoms with E-state index < -0.39 is 0 Å². The number of benzene rings is 1. The van der Waals surface area contributed by atoms with Gasteiger partial charge in [0.1, 0.15) is 5.82 Å². The molecule has 1 aliphatic heterocycles. The fourth-order valence-corrected chi connectivity index (χ4v) is 4.69. The van der Waals surface area contributed by atoms with Crippen LogP contribution in [0.1, 0.15) is 38.5 Å². The van der Waals surface area contributed by atoms with Crippen molar-refractivity contribution in [2.45, 2.75) is 44.6 Å². The Morgan fingerprint density at radius 1 is 0.935 bits per heavy atom. The van der Waals surface area contributed by atoms with Crippen LogP contribution < -0.4 is 10.2 Å². The first-order valence-corrected chi connectivity index (χ1v) is 11.3. The maximum absolute atomic E-state index is 12.7. The van der Waals surface area contributed by atoms with Gasteiger partial charge in [0.2, 0.25) is 5.91 Å². The van der Waals surface area contributed by atoms with Crippen LogP contribution in [0.15, 0.2) is 54.9 Å². The van der Waals surface area contributed by atoms with Crippen molar-refractivity contribution in [3.63, 3.8) is 0 Å². The molecule has 0 radical (unpaired) electrons. The number of aromatic nitrogens is 4. The molecule has 2 aliphatic rings. The summed E-state index contributed by atoms with van der Waals surface area (Å²) in [4.78, 5) is 19.4. The van der Waals surface area contributed by atoms with Crippen LogP contribution in [-0.2, 0) is 4.79 Å². The van der Waals surface area contributed by atoms with Crippen molar-refractivity contribution in [3.05, 3.63) is 54.9 Å². The minimum atomic E-state index is 0.0224. The maximum atomic E-state index is 12.7. The summed E-state index contributed by atoms with van der Waals surface area (Å²) in [7, 11) is 0. The van der Waals surface area contributed by atoms with E-state index in [1.165, 1.54) is 12.8 Å². The molecule has 0 spiro atoms. The molecular weight excluding hydrogens is 388 g/mol. The summed E-state index contributed by atoms with van der Waals surface area (Å²) in [5.74, 6) is 2.61. The third-order valence-electron chi connectivity index (χ3n) is 6.37. The third-order valence-corrected chi connectivity index (χ3v) is 6.37. The summed E-state index contributed by atoms with van der Waals surface area (Å²) < 4.78 is 1.94. The summed E-state index contributed by atoms with van der Waals surface area (Å²) in [6.07, 6.45) is 10.3. The van der Waals surface area contributed by atoms with Gasteiger partial charge in [-0.05, 0) is 37.8 Å². The van der Waals surface area contributed by atoms with Gasteiger partial charge in [-0.2, -0.15) is 0 Å². The molecular formula is C24H28N6O. The lowest BCUT2D eigenvalue weighted by molar-refractivity contribution is -0.125. The minimum Gasteiger partial charge on any atom is -0.354 e. The Kier molecular flexibility index (Phi) is 5.65. The van der Waals surface area contributed by atoms with Crippen molar-refractivity contribution in [2.24, 2.45) is 5.92 Å². The average Bonchev–Trinajstić information content (AvgIpc) is 3.52. The lowest BCUT2D eigenvalue weighted by Gasteiger charge is -2.33. The van der Waals surface area contributed by atoms with Crippen molar-refractivity contribution in [1.82, 2.24) is 25.1 Å². The van der Waals surface area contributed by atoms with Crippen LogP contribution in [0.25, 0.3) is 17.2 Å². The van der Waals surface area contributed by atoms with Gasteiger partial charge >= 0.3 is 0 Å². The number of imidazole rings is 1. The number of anilines is 1. The number of piperidine rings is 1. The van der Waals surface area contributed by atoms with Crippen LogP contribution in [0.4, 0.5) is 5.82 Å². The second kappa shape index (κ2) is 8.88. The molecule has 2 aromatic heterocycles. The Morgan fingerprint density at radius 2 is 1.71 bits per heavy atom. The predicted molar refractivity (Wildman–Crippen MR) is 120 cm³/mol. The zero-order chi connectivity index (χ0) is 21.0. The smallest absolute Gasteiger partial charge is 0.225 e. The molecule has 7 heteroatoms. The predicted octanol–water partition coefficient (Wildman–Crippen LogP) is 3.60. The Labute approximate surface area is 182 Å². The molecule has 1 aromatic carbocycles. The van der Waals surface area contributed by atoms with Crippen LogP contribution in [0.2, 0.25) is 0 Å². The quantitative estimate of drug-likeness (QED) is 0.688. The summed E-state index contributed by atoms with van der Waals surface area (Å²) in [5, 5.41) is 12.2. The van der Waals surface area contributed by atoms with E-state index in [0.29, 0.717) is 12.6 Å². The van der Waals surface area contributed by atoms with Gasteiger partial charge in [-0.1, -0.05) is 43.2 Å². The first-order chi connectivity index (χ1) is 15.3. The Morgan fingerprint density at radius 3 is 2.48 bits per heavy atom. The molecule has 1 unspecified atom stereocenters. The first kappa shape index (κ1) is 19.7. The topological polar surface area (TPSA) is 75.9 Å². The van der Waals surface area contributed by atoms with Gasteiger partial charge in [-0.25, -0.2) is 4.98 Å². The summed E-state index contributed by atoms with van der Waals surface area (Å²) in [5.41, 5.74) is 1.03. The van der Waals surface area contributed by atoms with Crippen LogP contribution in [0.3, 0.4) is 0 Å². The highest BCUT2D eigenvalue weighted by molar-refractivity contribution is 5.79. The molecule has 31 heavy (non-hydrogen) atoms. The van der Waals surface area contributed by atoms with Crippen LogP contribution in [0.5, 0.6) is 0 Å². The van der Waals surface area contributed by atoms with Crippen molar-refractivity contribution in [1.29, 1.82) is 0 Å². The third kappa shape index (κ3) is 4.31. The number of carbonyl (C=O) groups excluding carboxylic acids is 1. The molecule has 7 nitrogen and oxygen atoms in total. The first-order valence-electron chi connectivity index (χ1n) is 11.3. The van der Waals surface area contributed by atoms with Crippen LogP contribution >= 0.6 is 0 Å². The number of rotatable bonds is 5. The van der Waals surface area contributed by atoms with Gasteiger partial charge in [0.15, 0.2) is 11.6 Å². The van der Waals surface area contributed by atoms with Gasteiger partial charge in [0.25, 0.3) is 0 Å². The molecule has 0 bridgehead atoms. The highest BCUT2D eigenvalue weighted by Gasteiger charge is 2.28. The maximum Gasteiger partial charge on any atom is 0.225 e. The average molecular weight is 417 g/mol. The second-order valence-corrected chi connectivity index (χ2v) is 8.51. The van der Waals surface area contributed by atoms with E-state index in [9.17, 15) is 4.79 Å². The van der Waals surface area contributed by atoms with Gasteiger partial charge in [-0.3, -0.25) is 9.36 Å². The molecule has 1 N–H and O–H groups in total. The lowest BCUT2D eigenvalue weighted by atomic mass is 9.96. The summed E-state index contributed by atoms with van der Waals surface area (Å²) in [6.45, 7) is 1.61. The van der Waals surface area contributed by atoms with Crippen molar-refractivity contribution >= 4 is 11.7 Å². The minimum absolute atomic E-state index is 0.0224. The SMILES string of the molecule is O=C(NC1CCCC1)C1CCCN(c2ccc(-n3ccnc3-c3ccccc3)nn2)C1. The number of carbonyl (C=O) groups is 1. The van der Waals surface area contributed by atoms with Crippen molar-refractivity contribution in [3.8, 4) is 17.2 Å². The normalized spacial score (nSPS) is 19.5. The van der Waals surface area contributed by atoms with E-state index in [1.54, 1.807) is 6.20 Å². The largest absolute Gasteiger partial charge is 0.354 e. The molecule has 5 rings (SSSR count). The molecule has 2 fully saturated rings. The van der Waals surface area contributed by atoms with E-state index in [2.05, 4.69) is 25.4 Å². The molecule has 1 saturated carbocycles. The van der Waals surface area contributed by atoms with Gasteiger partial charge in [0, 0.05) is 37.1 Å². The highest BCUT2D eigenvalue weighted by atomic mass is 16.2. The molecule has 160 valence electrons. The van der Waals surface area contributed by atoms with Gasteiger partial charge in [-0.15, -0.1) is 10.2 Å². The monoisotopic (exact) mass is 416 g/mol. The standard InChI is InChI=1S/C24H28N6O/c31-24(26-20-10-4-5-11-20)19-9-6-15-29(17-19)21-12-13-22(28-27-21)30-16-14-25-23(30)18-7-2-1-3-8-18/h1-3,7-8,12-14,16,19-20H,4-6,9-11,15,17H2,(H,26,31). The van der Waals surface area contributed by atoms with E-state index in [-0.39, 0.29) is 11.8 Å². The number of nitrogens with one attached hydrogen (secondary N) is 1. The molecule has 1 aliphatic carbocycles. The lowest BCUT2D eigenvalue weighted by Crippen LogP contribution is -2.45. The van der Waals surface area contributed by atoms with Crippen LogP contribution in [0, 0.1) is 5.92 Å². The van der Waals surface area contributed by atoms with Crippen LogP contribution in [-0.4, -0.2) is 44.8 Å². The number of amides is 1. The van der Waals surface area contributed by atoms with Gasteiger partial charge in [0.05, 0.1) is 5.92 Å². The molecule has 1 atom stereocenters. The fraction of sp³-hybridized carbons (Fsp3) is 0.417. The Balaban J connectivity index is 1.28. The van der Waals surface area contributed by atoms with E-state index in [0.717, 1.165) is 55.3 Å². The fourth-order valence-electron chi connectivity index (χ4n) is 4.69.